The summed E-state index contributed by atoms with van der Waals surface area (Å²) in [5.41, 5.74) is 5.59. The predicted octanol–water partition coefficient (Wildman–Crippen LogP) is 1.75. The van der Waals surface area contributed by atoms with Crippen LogP contribution in [0.4, 0.5) is 0 Å². The van der Waals surface area contributed by atoms with Crippen molar-refractivity contribution in [3.05, 3.63) is 0 Å². The molecule has 0 aromatic carbocycles. The zero-order valence-electron chi connectivity index (χ0n) is 8.77. The number of unbranched alkanes of at least 4 members (excludes halogenated alkanes) is 1. The lowest BCUT2D eigenvalue weighted by Gasteiger charge is -2.07. The Balaban J connectivity index is 2.91. The molecule has 0 fully saturated rings. The molecule has 74 valence electrons. The third kappa shape index (κ3) is 9.92. The smallest absolute Gasteiger partial charge is 0.0136 e. The third-order valence-electron chi connectivity index (χ3n) is 1.85. The molecule has 0 amide bonds. The molecule has 0 aromatic heterocycles. The Bertz CT molecular complexity index is 77.8. The van der Waals surface area contributed by atoms with Crippen LogP contribution in [0.3, 0.4) is 0 Å². The average molecular weight is 172 g/mol. The molecule has 0 rings (SSSR count). The van der Waals surface area contributed by atoms with Crippen molar-refractivity contribution in [2.45, 2.75) is 46.1 Å². The average Bonchev–Trinajstić information content (AvgIpc) is 1.95. The van der Waals surface area contributed by atoms with Gasteiger partial charge < -0.3 is 11.1 Å². The fourth-order valence-corrected chi connectivity index (χ4v) is 1.13. The van der Waals surface area contributed by atoms with Gasteiger partial charge in [-0.05, 0) is 25.8 Å². The van der Waals surface area contributed by atoms with Gasteiger partial charge in [0, 0.05) is 12.6 Å². The fraction of sp³-hybridized carbons (Fsp3) is 1.00. The first-order valence-electron chi connectivity index (χ1n) is 5.09. The van der Waals surface area contributed by atoms with E-state index in [-0.39, 0.29) is 6.04 Å². The minimum atomic E-state index is 0.287. The lowest BCUT2D eigenvalue weighted by atomic mass is 10.1. The maximum Gasteiger partial charge on any atom is 0.0136 e. The molecule has 0 radical (unpaired) electrons. The summed E-state index contributed by atoms with van der Waals surface area (Å²) in [6, 6.07) is 0.287. The highest BCUT2D eigenvalue weighted by Crippen LogP contribution is 2.04. The van der Waals surface area contributed by atoms with E-state index in [2.05, 4.69) is 19.2 Å². The van der Waals surface area contributed by atoms with Gasteiger partial charge in [0.2, 0.25) is 0 Å². The Morgan fingerprint density at radius 1 is 1.17 bits per heavy atom. The highest BCUT2D eigenvalue weighted by molar-refractivity contribution is 4.57. The van der Waals surface area contributed by atoms with E-state index in [4.69, 9.17) is 5.73 Å². The molecule has 1 unspecified atom stereocenters. The maximum atomic E-state index is 5.59. The lowest BCUT2D eigenvalue weighted by Crippen LogP contribution is -2.31. The number of hydrogen-bond acceptors (Lipinski definition) is 2. The van der Waals surface area contributed by atoms with Crippen LogP contribution in [0.2, 0.25) is 0 Å². The Hall–Kier alpha value is -0.0800. The molecule has 0 heterocycles. The van der Waals surface area contributed by atoms with Crippen LogP contribution >= 0.6 is 0 Å². The molecule has 1 atom stereocenters. The topological polar surface area (TPSA) is 38.0 Å². The van der Waals surface area contributed by atoms with E-state index < -0.39 is 0 Å². The number of nitrogens with two attached hydrogens (primary N) is 1. The van der Waals surface area contributed by atoms with E-state index in [0.29, 0.717) is 0 Å². The van der Waals surface area contributed by atoms with Gasteiger partial charge in [0.05, 0.1) is 0 Å². The Kier molecular flexibility index (Phi) is 7.51. The summed E-state index contributed by atoms with van der Waals surface area (Å²) in [4.78, 5) is 0. The molecule has 2 heteroatoms. The van der Waals surface area contributed by atoms with Gasteiger partial charge in [-0.2, -0.15) is 0 Å². The molecule has 0 aromatic rings. The summed E-state index contributed by atoms with van der Waals surface area (Å²) in [5, 5.41) is 3.33. The van der Waals surface area contributed by atoms with Crippen molar-refractivity contribution in [3.63, 3.8) is 0 Å². The van der Waals surface area contributed by atoms with Gasteiger partial charge in [-0.3, -0.25) is 0 Å². The van der Waals surface area contributed by atoms with Crippen molar-refractivity contribution >= 4 is 0 Å². The summed E-state index contributed by atoms with van der Waals surface area (Å²) in [6.45, 7) is 8.64. The van der Waals surface area contributed by atoms with E-state index in [0.717, 1.165) is 19.0 Å². The van der Waals surface area contributed by atoms with Gasteiger partial charge in [0.1, 0.15) is 0 Å². The zero-order valence-corrected chi connectivity index (χ0v) is 8.77. The largest absolute Gasteiger partial charge is 0.327 e. The Morgan fingerprint density at radius 2 is 1.83 bits per heavy atom. The summed E-state index contributed by atoms with van der Waals surface area (Å²) >= 11 is 0. The molecule has 12 heavy (non-hydrogen) atoms. The summed E-state index contributed by atoms with van der Waals surface area (Å²) in [7, 11) is 0. The molecule has 3 N–H and O–H groups in total. The summed E-state index contributed by atoms with van der Waals surface area (Å²) in [6.07, 6.45) is 3.97. The van der Waals surface area contributed by atoms with Gasteiger partial charge in [-0.25, -0.2) is 0 Å². The quantitative estimate of drug-likeness (QED) is 0.574. The van der Waals surface area contributed by atoms with E-state index in [1.165, 1.54) is 19.3 Å². The Morgan fingerprint density at radius 3 is 2.33 bits per heavy atom. The molecule has 2 nitrogen and oxygen atoms in total. The minimum absolute atomic E-state index is 0.287. The molecular formula is C10H24N2. The molecule has 0 spiro atoms. The van der Waals surface area contributed by atoms with Crippen molar-refractivity contribution in [3.8, 4) is 0 Å². The summed E-state index contributed by atoms with van der Waals surface area (Å²) < 4.78 is 0. The maximum absolute atomic E-state index is 5.59. The van der Waals surface area contributed by atoms with Crippen LogP contribution in [0.1, 0.15) is 40.0 Å². The predicted molar refractivity (Wildman–Crippen MR) is 55.2 cm³/mol. The van der Waals surface area contributed by atoms with Crippen molar-refractivity contribution in [2.24, 2.45) is 11.7 Å². The van der Waals surface area contributed by atoms with Gasteiger partial charge in [0.25, 0.3) is 0 Å². The van der Waals surface area contributed by atoms with Crippen LogP contribution in [0.25, 0.3) is 0 Å². The fourth-order valence-electron chi connectivity index (χ4n) is 1.13. The molecule has 0 saturated carbocycles. The standard InChI is InChI=1S/C10H24N2/c1-9(2)6-4-5-7-12-8-10(3)11/h9-10,12H,4-8,11H2,1-3H3. The first-order valence-corrected chi connectivity index (χ1v) is 5.09. The van der Waals surface area contributed by atoms with Gasteiger partial charge in [-0.1, -0.05) is 26.7 Å². The van der Waals surface area contributed by atoms with E-state index in [1.54, 1.807) is 0 Å². The van der Waals surface area contributed by atoms with Crippen LogP contribution in [0.5, 0.6) is 0 Å². The minimum Gasteiger partial charge on any atom is -0.327 e. The van der Waals surface area contributed by atoms with E-state index in [1.807, 2.05) is 6.92 Å². The van der Waals surface area contributed by atoms with Crippen molar-refractivity contribution in [2.75, 3.05) is 13.1 Å². The second-order valence-corrected chi connectivity index (χ2v) is 4.07. The molecule has 0 aliphatic rings. The highest BCUT2D eigenvalue weighted by Gasteiger charge is 1.94. The second-order valence-electron chi connectivity index (χ2n) is 4.07. The second kappa shape index (κ2) is 7.56. The van der Waals surface area contributed by atoms with Gasteiger partial charge in [0.15, 0.2) is 0 Å². The zero-order chi connectivity index (χ0) is 9.40. The first-order chi connectivity index (χ1) is 5.63. The number of rotatable bonds is 7. The number of nitrogens with one attached hydrogen (secondary N) is 1. The lowest BCUT2D eigenvalue weighted by molar-refractivity contribution is 0.513. The SMILES string of the molecule is CC(C)CCCCNCC(C)N. The van der Waals surface area contributed by atoms with E-state index in [9.17, 15) is 0 Å². The van der Waals surface area contributed by atoms with Crippen LogP contribution < -0.4 is 11.1 Å². The van der Waals surface area contributed by atoms with Crippen LogP contribution in [-0.2, 0) is 0 Å². The van der Waals surface area contributed by atoms with Crippen molar-refractivity contribution in [1.29, 1.82) is 0 Å². The summed E-state index contributed by atoms with van der Waals surface area (Å²) in [5.74, 6) is 0.846. The molecular weight excluding hydrogens is 148 g/mol. The van der Waals surface area contributed by atoms with Crippen LogP contribution in [0.15, 0.2) is 0 Å². The van der Waals surface area contributed by atoms with Gasteiger partial charge >= 0.3 is 0 Å². The number of hydrogen-bond donors (Lipinski definition) is 2. The van der Waals surface area contributed by atoms with E-state index >= 15 is 0 Å². The highest BCUT2D eigenvalue weighted by atomic mass is 14.9. The molecule has 0 aliphatic carbocycles. The normalized spacial score (nSPS) is 13.8. The first kappa shape index (κ1) is 11.9. The van der Waals surface area contributed by atoms with Crippen molar-refractivity contribution in [1.82, 2.24) is 5.32 Å². The van der Waals surface area contributed by atoms with Crippen molar-refractivity contribution < 1.29 is 0 Å². The van der Waals surface area contributed by atoms with Gasteiger partial charge in [-0.15, -0.1) is 0 Å². The monoisotopic (exact) mass is 172 g/mol. The Labute approximate surface area is 76.9 Å². The van der Waals surface area contributed by atoms with Crippen LogP contribution in [0, 0.1) is 5.92 Å². The van der Waals surface area contributed by atoms with Crippen LogP contribution in [-0.4, -0.2) is 19.1 Å². The molecule has 0 saturated heterocycles. The molecule has 0 aliphatic heterocycles. The third-order valence-corrected chi connectivity index (χ3v) is 1.85. The molecule has 0 bridgehead atoms.